The van der Waals surface area contributed by atoms with E-state index in [1.165, 1.54) is 34.6 Å². The molecule has 15 heteroatoms. The third kappa shape index (κ3) is 26.9. The first-order chi connectivity index (χ1) is 24.4. The van der Waals surface area contributed by atoms with Crippen molar-refractivity contribution in [1.82, 2.24) is 31.9 Å². The van der Waals surface area contributed by atoms with E-state index in [0.29, 0.717) is 44.9 Å². The average Bonchev–Trinajstić information content (AvgIpc) is 3.03. The quantitative estimate of drug-likeness (QED) is 0.0560. The molecule has 5 atom stereocenters. The lowest BCUT2D eigenvalue weighted by molar-refractivity contribution is -0.126. The second-order valence-corrected chi connectivity index (χ2v) is 13.9. The van der Waals surface area contributed by atoms with Crippen LogP contribution in [0.1, 0.15) is 131 Å². The molecule has 0 aromatic heterocycles. The summed E-state index contributed by atoms with van der Waals surface area (Å²) in [5, 5.41) is 17.4. The van der Waals surface area contributed by atoms with Crippen molar-refractivity contribution >= 4 is 52.5 Å². The topological polar surface area (TPSA) is 226 Å². The molecule has 0 heterocycles. The van der Waals surface area contributed by atoms with Crippen molar-refractivity contribution in [2.75, 3.05) is 20.6 Å². The van der Waals surface area contributed by atoms with E-state index in [2.05, 4.69) is 31.9 Å². The van der Waals surface area contributed by atoms with Crippen molar-refractivity contribution in [2.24, 2.45) is 0 Å². The van der Waals surface area contributed by atoms with E-state index in [1.807, 2.05) is 0 Å². The van der Waals surface area contributed by atoms with E-state index < -0.39 is 24.0 Å². The van der Waals surface area contributed by atoms with E-state index in [0.717, 1.165) is 0 Å². The molecule has 296 valence electrons. The minimum absolute atomic E-state index is 0.0211. The number of amides is 4. The van der Waals surface area contributed by atoms with Gasteiger partial charge in [-0.05, 0) is 87.2 Å². The molecule has 0 saturated carbocycles. The van der Waals surface area contributed by atoms with Crippen LogP contribution in [-0.4, -0.2) is 103 Å². The second-order valence-electron chi connectivity index (χ2n) is 13.9. The summed E-state index contributed by atoms with van der Waals surface area (Å²) in [6.07, 6.45) is 3.56. The first-order valence-corrected chi connectivity index (χ1v) is 18.4. The standard InChI is InChI=1S/C37H64N6O9/c1-24(44)10-14-29(38-6)20-35(50)42-32(16-12-26(3)46)22-34(49)40-18-8-9-31(19-28(5)48)41-37(52)23-33(17-13-27(4)47)43-36(51)21-30(39-7)15-11-25(2)45/h29-33,38-39H,8-23H2,1-7H3,(H,40,49)(H,41,52)(H,42,50)(H,43,51). The number of ketones is 5. The molecule has 0 fully saturated rings. The van der Waals surface area contributed by atoms with Crippen molar-refractivity contribution in [2.45, 2.75) is 161 Å². The second kappa shape index (κ2) is 27.8. The molecule has 0 spiro atoms. The van der Waals surface area contributed by atoms with Gasteiger partial charge in [0, 0.05) is 94.5 Å². The van der Waals surface area contributed by atoms with Crippen molar-refractivity contribution < 1.29 is 43.2 Å². The van der Waals surface area contributed by atoms with Gasteiger partial charge in [0.15, 0.2) is 0 Å². The van der Waals surface area contributed by atoms with Crippen LogP contribution in [0.15, 0.2) is 0 Å². The van der Waals surface area contributed by atoms with Crippen LogP contribution >= 0.6 is 0 Å². The van der Waals surface area contributed by atoms with E-state index in [-0.39, 0.29) is 117 Å². The Morgan fingerprint density at radius 1 is 0.385 bits per heavy atom. The number of carbonyl (C=O) groups is 9. The lowest BCUT2D eigenvalue weighted by Crippen LogP contribution is -2.44. The monoisotopic (exact) mass is 736 g/mol. The first-order valence-electron chi connectivity index (χ1n) is 18.4. The van der Waals surface area contributed by atoms with Gasteiger partial charge in [-0.3, -0.25) is 24.0 Å². The summed E-state index contributed by atoms with van der Waals surface area (Å²) in [6, 6.07) is -2.12. The van der Waals surface area contributed by atoms with Crippen LogP contribution in [0.2, 0.25) is 0 Å². The van der Waals surface area contributed by atoms with E-state index in [4.69, 9.17) is 0 Å². The highest BCUT2D eigenvalue weighted by atomic mass is 16.2. The van der Waals surface area contributed by atoms with E-state index in [1.54, 1.807) is 14.1 Å². The maximum atomic E-state index is 13.1. The van der Waals surface area contributed by atoms with Gasteiger partial charge in [0.25, 0.3) is 0 Å². The molecule has 0 rings (SSSR count). The first kappa shape index (κ1) is 48.1. The Kier molecular flexibility index (Phi) is 25.7. The molecule has 6 N–H and O–H groups in total. The zero-order chi connectivity index (χ0) is 39.6. The van der Waals surface area contributed by atoms with Crippen LogP contribution in [0.5, 0.6) is 0 Å². The Bertz CT molecular complexity index is 1210. The zero-order valence-electron chi connectivity index (χ0n) is 32.4. The summed E-state index contributed by atoms with van der Waals surface area (Å²) in [6.45, 7) is 7.51. The highest BCUT2D eigenvalue weighted by Crippen LogP contribution is 2.11. The molecular weight excluding hydrogens is 672 g/mol. The minimum Gasteiger partial charge on any atom is -0.356 e. The molecule has 0 aromatic carbocycles. The predicted molar refractivity (Wildman–Crippen MR) is 197 cm³/mol. The number of carbonyl (C=O) groups excluding carboxylic acids is 9. The fourth-order valence-corrected chi connectivity index (χ4v) is 5.63. The van der Waals surface area contributed by atoms with E-state index in [9.17, 15) is 43.2 Å². The van der Waals surface area contributed by atoms with Crippen molar-refractivity contribution in [1.29, 1.82) is 0 Å². The Hall–Kier alpha value is -3.85. The van der Waals surface area contributed by atoms with Crippen LogP contribution < -0.4 is 31.9 Å². The minimum atomic E-state index is -0.611. The third-order valence-corrected chi connectivity index (χ3v) is 8.60. The SMILES string of the molecule is CNC(CCC(C)=O)CC(=O)NC(CCC(C)=O)CC(=O)NCCCC(CC(C)=O)NC(=O)CC(CCC(C)=O)NC(=O)CC(CCC(C)=O)NC. The predicted octanol–water partition coefficient (Wildman–Crippen LogP) is 1.53. The molecule has 0 bridgehead atoms. The lowest BCUT2D eigenvalue weighted by Gasteiger charge is -2.23. The van der Waals surface area contributed by atoms with Gasteiger partial charge in [0.2, 0.25) is 23.6 Å². The molecule has 0 aliphatic heterocycles. The molecule has 52 heavy (non-hydrogen) atoms. The largest absolute Gasteiger partial charge is 0.356 e. The Balaban J connectivity index is 5.18. The molecule has 0 aliphatic carbocycles. The summed E-state index contributed by atoms with van der Waals surface area (Å²) in [5.74, 6) is -1.55. The highest BCUT2D eigenvalue weighted by molar-refractivity contribution is 5.83. The average molecular weight is 737 g/mol. The highest BCUT2D eigenvalue weighted by Gasteiger charge is 2.23. The van der Waals surface area contributed by atoms with Gasteiger partial charge in [0.05, 0.1) is 0 Å². The number of rotatable bonds is 31. The van der Waals surface area contributed by atoms with Gasteiger partial charge in [-0.1, -0.05) is 0 Å². The normalized spacial score (nSPS) is 13.8. The number of Topliss-reactive ketones (excluding diaryl/α,β-unsaturated/α-hetero) is 5. The van der Waals surface area contributed by atoms with Crippen LogP contribution in [-0.2, 0) is 43.2 Å². The Morgan fingerprint density at radius 3 is 1.02 bits per heavy atom. The maximum Gasteiger partial charge on any atom is 0.222 e. The smallest absolute Gasteiger partial charge is 0.222 e. The summed E-state index contributed by atoms with van der Waals surface area (Å²) < 4.78 is 0. The summed E-state index contributed by atoms with van der Waals surface area (Å²) in [4.78, 5) is 109. The summed E-state index contributed by atoms with van der Waals surface area (Å²) in [7, 11) is 3.41. The zero-order valence-corrected chi connectivity index (χ0v) is 32.4. The van der Waals surface area contributed by atoms with Gasteiger partial charge in [-0.2, -0.15) is 0 Å². The molecule has 0 saturated heterocycles. The van der Waals surface area contributed by atoms with Crippen molar-refractivity contribution in [3.05, 3.63) is 0 Å². The Morgan fingerprint density at radius 2 is 0.692 bits per heavy atom. The van der Waals surface area contributed by atoms with Gasteiger partial charge >= 0.3 is 0 Å². The molecule has 15 nitrogen and oxygen atoms in total. The number of hydrogen-bond acceptors (Lipinski definition) is 11. The van der Waals surface area contributed by atoms with Crippen LogP contribution in [0.3, 0.4) is 0 Å². The van der Waals surface area contributed by atoms with Gasteiger partial charge < -0.3 is 51.1 Å². The third-order valence-electron chi connectivity index (χ3n) is 8.60. The number of nitrogens with one attached hydrogen (secondary N) is 6. The van der Waals surface area contributed by atoms with E-state index >= 15 is 0 Å². The van der Waals surface area contributed by atoms with Crippen LogP contribution in [0.25, 0.3) is 0 Å². The number of hydrogen-bond donors (Lipinski definition) is 6. The van der Waals surface area contributed by atoms with Crippen LogP contribution in [0.4, 0.5) is 0 Å². The lowest BCUT2D eigenvalue weighted by atomic mass is 10.0. The summed E-state index contributed by atoms with van der Waals surface area (Å²) >= 11 is 0. The molecule has 0 radical (unpaired) electrons. The van der Waals surface area contributed by atoms with Crippen molar-refractivity contribution in [3.8, 4) is 0 Å². The molecular formula is C37H64N6O9. The van der Waals surface area contributed by atoms with Crippen molar-refractivity contribution in [3.63, 3.8) is 0 Å². The molecule has 4 amide bonds. The maximum absolute atomic E-state index is 13.1. The van der Waals surface area contributed by atoms with Crippen LogP contribution in [0, 0.1) is 0 Å². The molecule has 0 aliphatic rings. The van der Waals surface area contributed by atoms with Gasteiger partial charge in [-0.25, -0.2) is 0 Å². The fourth-order valence-electron chi connectivity index (χ4n) is 5.63. The van der Waals surface area contributed by atoms with Gasteiger partial charge in [-0.15, -0.1) is 0 Å². The summed E-state index contributed by atoms with van der Waals surface area (Å²) in [5.41, 5.74) is 0. The molecule has 5 unspecified atom stereocenters. The fraction of sp³-hybridized carbons (Fsp3) is 0.757. The molecule has 0 aromatic rings. The van der Waals surface area contributed by atoms with Gasteiger partial charge in [0.1, 0.15) is 28.9 Å². The Labute approximate surface area is 309 Å².